The van der Waals surface area contributed by atoms with Gasteiger partial charge in [0, 0.05) is 36.0 Å². The van der Waals surface area contributed by atoms with Crippen LogP contribution in [0.5, 0.6) is 0 Å². The first-order valence-electron chi connectivity index (χ1n) is 11.6. The van der Waals surface area contributed by atoms with Crippen molar-refractivity contribution in [1.29, 1.82) is 0 Å². The second-order valence-corrected chi connectivity index (χ2v) is 10.9. The number of hydrogen-bond donors (Lipinski definition) is 1. The van der Waals surface area contributed by atoms with E-state index < -0.39 is 0 Å². The molecule has 1 aromatic carbocycles. The zero-order chi connectivity index (χ0) is 23.4. The summed E-state index contributed by atoms with van der Waals surface area (Å²) in [7, 11) is 0. The SMILES string of the molecule is Cc1ccc(-c2nc(C)c(C(=O)N3CCC(C(C)C(=O)NCCc4cccs4)CC3)s2)cc1. The molecule has 1 fully saturated rings. The summed E-state index contributed by atoms with van der Waals surface area (Å²) in [6.07, 6.45) is 2.59. The second kappa shape index (κ2) is 10.6. The molecule has 3 aromatic rings. The highest BCUT2D eigenvalue weighted by molar-refractivity contribution is 7.17. The number of nitrogens with zero attached hydrogens (tertiary/aromatic N) is 2. The van der Waals surface area contributed by atoms with E-state index in [1.165, 1.54) is 21.8 Å². The predicted molar refractivity (Wildman–Crippen MR) is 136 cm³/mol. The third-order valence-electron chi connectivity index (χ3n) is 6.49. The molecule has 3 heterocycles. The van der Waals surface area contributed by atoms with Crippen LogP contribution in [0.3, 0.4) is 0 Å². The standard InChI is InChI=1S/C26H31N3O2S2/c1-17-6-8-21(9-7-17)25-28-19(3)23(33-25)26(31)29-14-11-20(12-15-29)18(2)24(30)27-13-10-22-5-4-16-32-22/h4-9,16,18,20H,10-15H2,1-3H3,(H,27,30). The van der Waals surface area contributed by atoms with E-state index >= 15 is 0 Å². The number of likely N-dealkylation sites (tertiary alicyclic amines) is 1. The van der Waals surface area contributed by atoms with Gasteiger partial charge >= 0.3 is 0 Å². The molecule has 2 amide bonds. The second-order valence-electron chi connectivity index (χ2n) is 8.84. The lowest BCUT2D eigenvalue weighted by atomic mass is 9.84. The Kier molecular flexibility index (Phi) is 7.60. The highest BCUT2D eigenvalue weighted by Crippen LogP contribution is 2.31. The zero-order valence-corrected chi connectivity index (χ0v) is 21.1. The van der Waals surface area contributed by atoms with Crippen LogP contribution < -0.4 is 5.32 Å². The predicted octanol–water partition coefficient (Wildman–Crippen LogP) is 5.34. The summed E-state index contributed by atoms with van der Waals surface area (Å²) in [5.41, 5.74) is 3.04. The lowest BCUT2D eigenvalue weighted by Gasteiger charge is -2.34. The van der Waals surface area contributed by atoms with E-state index in [0.29, 0.717) is 25.6 Å². The van der Waals surface area contributed by atoms with Crippen LogP contribution in [-0.4, -0.2) is 41.3 Å². The van der Waals surface area contributed by atoms with E-state index in [-0.39, 0.29) is 17.7 Å². The Labute approximate surface area is 203 Å². The summed E-state index contributed by atoms with van der Waals surface area (Å²) in [6.45, 7) is 8.04. The van der Waals surface area contributed by atoms with Gasteiger partial charge in [-0.1, -0.05) is 42.8 Å². The molecule has 7 heteroatoms. The average molecular weight is 482 g/mol. The van der Waals surface area contributed by atoms with Crippen molar-refractivity contribution in [3.63, 3.8) is 0 Å². The molecular weight excluding hydrogens is 450 g/mol. The molecule has 1 saturated heterocycles. The Hall–Kier alpha value is -2.51. The van der Waals surface area contributed by atoms with Crippen LogP contribution in [0.1, 0.15) is 45.6 Å². The van der Waals surface area contributed by atoms with Gasteiger partial charge in [0.15, 0.2) is 0 Å². The van der Waals surface area contributed by atoms with Gasteiger partial charge in [-0.25, -0.2) is 4.98 Å². The van der Waals surface area contributed by atoms with E-state index in [4.69, 9.17) is 0 Å². The fourth-order valence-electron chi connectivity index (χ4n) is 4.30. The van der Waals surface area contributed by atoms with Crippen LogP contribution in [0.25, 0.3) is 10.6 Å². The van der Waals surface area contributed by atoms with Crippen LogP contribution in [0.4, 0.5) is 0 Å². The molecule has 5 nitrogen and oxygen atoms in total. The number of aryl methyl sites for hydroxylation is 2. The largest absolute Gasteiger partial charge is 0.356 e. The molecule has 1 unspecified atom stereocenters. The quantitative estimate of drug-likeness (QED) is 0.496. The number of benzene rings is 1. The van der Waals surface area contributed by atoms with Gasteiger partial charge in [0.25, 0.3) is 5.91 Å². The van der Waals surface area contributed by atoms with Crippen molar-refractivity contribution in [2.24, 2.45) is 11.8 Å². The number of rotatable bonds is 7. The van der Waals surface area contributed by atoms with Crippen molar-refractivity contribution in [2.75, 3.05) is 19.6 Å². The molecular formula is C26H31N3O2S2. The number of aromatic nitrogens is 1. The van der Waals surface area contributed by atoms with E-state index in [0.717, 1.165) is 40.4 Å². The van der Waals surface area contributed by atoms with Crippen LogP contribution in [0.2, 0.25) is 0 Å². The van der Waals surface area contributed by atoms with Crippen molar-refractivity contribution in [2.45, 2.75) is 40.0 Å². The smallest absolute Gasteiger partial charge is 0.265 e. The Balaban J connectivity index is 1.29. The van der Waals surface area contributed by atoms with Crippen LogP contribution >= 0.6 is 22.7 Å². The van der Waals surface area contributed by atoms with E-state index in [1.54, 1.807) is 11.3 Å². The topological polar surface area (TPSA) is 62.3 Å². The minimum Gasteiger partial charge on any atom is -0.356 e. The minimum atomic E-state index is -0.0381. The van der Waals surface area contributed by atoms with Crippen LogP contribution in [-0.2, 0) is 11.2 Å². The van der Waals surface area contributed by atoms with Gasteiger partial charge in [0.2, 0.25) is 5.91 Å². The third-order valence-corrected chi connectivity index (χ3v) is 8.62. The van der Waals surface area contributed by atoms with Gasteiger partial charge in [-0.15, -0.1) is 22.7 Å². The lowest BCUT2D eigenvalue weighted by molar-refractivity contribution is -0.126. The molecule has 1 aliphatic rings. The number of carbonyl (C=O) groups excluding carboxylic acids is 2. The molecule has 1 N–H and O–H groups in total. The van der Waals surface area contributed by atoms with Gasteiger partial charge in [0.1, 0.15) is 9.88 Å². The van der Waals surface area contributed by atoms with Crippen molar-refractivity contribution >= 4 is 34.5 Å². The van der Waals surface area contributed by atoms with E-state index in [2.05, 4.69) is 52.9 Å². The Morgan fingerprint density at radius 2 is 1.88 bits per heavy atom. The summed E-state index contributed by atoms with van der Waals surface area (Å²) < 4.78 is 0. The molecule has 2 aromatic heterocycles. The lowest BCUT2D eigenvalue weighted by Crippen LogP contribution is -2.43. The van der Waals surface area contributed by atoms with Crippen LogP contribution in [0.15, 0.2) is 41.8 Å². The number of carbonyl (C=O) groups is 2. The molecule has 0 saturated carbocycles. The van der Waals surface area contributed by atoms with Crippen molar-refractivity contribution in [3.05, 3.63) is 62.8 Å². The average Bonchev–Trinajstić information content (AvgIpc) is 3.48. The maximum atomic E-state index is 13.2. The first-order valence-corrected chi connectivity index (χ1v) is 13.3. The maximum Gasteiger partial charge on any atom is 0.265 e. The molecule has 0 aliphatic carbocycles. The Morgan fingerprint density at radius 1 is 1.15 bits per heavy atom. The number of nitrogens with one attached hydrogen (secondary N) is 1. The molecule has 0 spiro atoms. The zero-order valence-electron chi connectivity index (χ0n) is 19.5. The van der Waals surface area contributed by atoms with Gasteiger partial charge in [0.05, 0.1) is 5.69 Å². The number of hydrogen-bond acceptors (Lipinski definition) is 5. The van der Waals surface area contributed by atoms with Crippen molar-refractivity contribution < 1.29 is 9.59 Å². The summed E-state index contributed by atoms with van der Waals surface area (Å²) in [5.74, 6) is 0.456. The minimum absolute atomic E-state index is 0.0381. The van der Waals surface area contributed by atoms with Crippen molar-refractivity contribution in [1.82, 2.24) is 15.2 Å². The third kappa shape index (κ3) is 5.71. The Morgan fingerprint density at radius 3 is 2.55 bits per heavy atom. The Bertz CT molecular complexity index is 1080. The van der Waals surface area contributed by atoms with Gasteiger partial charge in [-0.2, -0.15) is 0 Å². The number of thiazole rings is 1. The first kappa shape index (κ1) is 23.6. The van der Waals surface area contributed by atoms with E-state index in [9.17, 15) is 9.59 Å². The fourth-order valence-corrected chi connectivity index (χ4v) is 6.05. The van der Waals surface area contributed by atoms with Crippen LogP contribution in [0, 0.1) is 25.7 Å². The number of thiophene rings is 1. The molecule has 0 bridgehead atoms. The summed E-state index contributed by atoms with van der Waals surface area (Å²) >= 11 is 3.20. The fraction of sp³-hybridized carbons (Fsp3) is 0.423. The highest BCUT2D eigenvalue weighted by atomic mass is 32.1. The van der Waals surface area contributed by atoms with Gasteiger partial charge in [-0.3, -0.25) is 9.59 Å². The molecule has 4 rings (SSSR count). The summed E-state index contributed by atoms with van der Waals surface area (Å²) in [6, 6.07) is 12.4. The highest BCUT2D eigenvalue weighted by Gasteiger charge is 2.31. The van der Waals surface area contributed by atoms with E-state index in [1.807, 2.05) is 24.8 Å². The molecule has 1 aliphatic heterocycles. The molecule has 0 radical (unpaired) electrons. The first-order chi connectivity index (χ1) is 15.9. The number of amides is 2. The molecule has 174 valence electrons. The van der Waals surface area contributed by atoms with Gasteiger partial charge in [-0.05, 0) is 50.5 Å². The maximum absolute atomic E-state index is 13.2. The molecule has 1 atom stereocenters. The monoisotopic (exact) mass is 481 g/mol. The molecule has 33 heavy (non-hydrogen) atoms. The van der Waals surface area contributed by atoms with Gasteiger partial charge < -0.3 is 10.2 Å². The summed E-state index contributed by atoms with van der Waals surface area (Å²) in [5, 5.41) is 6.04. The summed E-state index contributed by atoms with van der Waals surface area (Å²) in [4.78, 5) is 34.4. The normalized spacial score (nSPS) is 15.4. The van der Waals surface area contributed by atoms with Crippen molar-refractivity contribution in [3.8, 4) is 10.6 Å². The number of piperidine rings is 1.